The summed E-state index contributed by atoms with van der Waals surface area (Å²) in [4.78, 5) is 23.1. The van der Waals surface area contributed by atoms with Gasteiger partial charge in [0, 0.05) is 18.1 Å². The van der Waals surface area contributed by atoms with Gasteiger partial charge in [-0.15, -0.1) is 0 Å². The van der Waals surface area contributed by atoms with Gasteiger partial charge in [0.1, 0.15) is 6.04 Å². The Bertz CT molecular complexity index is 692. The molecule has 0 bridgehead atoms. The summed E-state index contributed by atoms with van der Waals surface area (Å²) in [6, 6.07) is 9.26. The fourth-order valence-electron chi connectivity index (χ4n) is 2.42. The number of aromatic amines is 1. The van der Waals surface area contributed by atoms with Crippen LogP contribution in [0.25, 0.3) is 11.3 Å². The fraction of sp³-hybridized carbons (Fsp3) is 0.267. The number of carbonyl (C=O) groups excluding carboxylic acids is 2. The van der Waals surface area contributed by atoms with Gasteiger partial charge in [0.15, 0.2) is 5.82 Å². The van der Waals surface area contributed by atoms with E-state index in [-0.39, 0.29) is 11.8 Å². The van der Waals surface area contributed by atoms with Gasteiger partial charge >= 0.3 is 0 Å². The van der Waals surface area contributed by atoms with Crippen LogP contribution in [-0.2, 0) is 9.59 Å². The van der Waals surface area contributed by atoms with Crippen LogP contribution in [-0.4, -0.2) is 28.1 Å². The Morgan fingerprint density at radius 2 is 2.19 bits per heavy atom. The summed E-state index contributed by atoms with van der Waals surface area (Å²) >= 11 is 0. The lowest BCUT2D eigenvalue weighted by molar-refractivity contribution is -0.122. The number of amides is 2. The van der Waals surface area contributed by atoms with E-state index in [2.05, 4.69) is 20.8 Å². The molecule has 1 saturated heterocycles. The van der Waals surface area contributed by atoms with Crippen LogP contribution in [0.3, 0.4) is 0 Å². The predicted molar refractivity (Wildman–Crippen MR) is 78.6 cm³/mol. The molecule has 0 unspecified atom stereocenters. The average Bonchev–Trinajstić information content (AvgIpc) is 3.08. The van der Waals surface area contributed by atoms with E-state index in [4.69, 9.17) is 0 Å². The van der Waals surface area contributed by atoms with Gasteiger partial charge < -0.3 is 10.6 Å². The van der Waals surface area contributed by atoms with E-state index in [0.29, 0.717) is 18.7 Å². The zero-order chi connectivity index (χ0) is 14.8. The van der Waals surface area contributed by atoms with Crippen LogP contribution in [0.2, 0.25) is 0 Å². The van der Waals surface area contributed by atoms with Crippen LogP contribution in [0.5, 0.6) is 0 Å². The van der Waals surface area contributed by atoms with Gasteiger partial charge in [-0.2, -0.15) is 5.10 Å². The maximum Gasteiger partial charge on any atom is 0.248 e. The van der Waals surface area contributed by atoms with E-state index in [0.717, 1.165) is 16.8 Å². The molecule has 1 aromatic heterocycles. The smallest absolute Gasteiger partial charge is 0.248 e. The van der Waals surface area contributed by atoms with Crippen molar-refractivity contribution in [1.29, 1.82) is 0 Å². The second-order valence-electron chi connectivity index (χ2n) is 5.13. The molecule has 1 aliphatic heterocycles. The van der Waals surface area contributed by atoms with E-state index in [1.54, 1.807) is 6.07 Å². The van der Waals surface area contributed by atoms with Crippen molar-refractivity contribution in [2.45, 2.75) is 25.8 Å². The number of hydrogen-bond donors (Lipinski definition) is 3. The van der Waals surface area contributed by atoms with E-state index in [9.17, 15) is 9.59 Å². The SMILES string of the molecule is Cc1ccccc1-c1cc(NC(=O)[C@H]2CCC(=O)N2)n[nH]1. The van der Waals surface area contributed by atoms with Crippen molar-refractivity contribution in [3.63, 3.8) is 0 Å². The summed E-state index contributed by atoms with van der Waals surface area (Å²) in [5.41, 5.74) is 3.01. The third-order valence-electron chi connectivity index (χ3n) is 3.58. The molecule has 6 heteroatoms. The van der Waals surface area contributed by atoms with Crippen LogP contribution in [0.1, 0.15) is 18.4 Å². The Labute approximate surface area is 121 Å². The number of rotatable bonds is 3. The Hall–Kier alpha value is -2.63. The molecule has 6 nitrogen and oxygen atoms in total. The summed E-state index contributed by atoms with van der Waals surface area (Å²) in [5.74, 6) is 0.140. The zero-order valence-electron chi connectivity index (χ0n) is 11.6. The Morgan fingerprint density at radius 3 is 2.90 bits per heavy atom. The number of carbonyl (C=O) groups is 2. The van der Waals surface area contributed by atoms with Crippen molar-refractivity contribution >= 4 is 17.6 Å². The van der Waals surface area contributed by atoms with Crippen LogP contribution in [0.15, 0.2) is 30.3 Å². The molecule has 21 heavy (non-hydrogen) atoms. The molecule has 108 valence electrons. The number of benzene rings is 1. The Morgan fingerprint density at radius 1 is 1.38 bits per heavy atom. The van der Waals surface area contributed by atoms with Gasteiger partial charge in [-0.25, -0.2) is 0 Å². The van der Waals surface area contributed by atoms with Crippen LogP contribution in [0, 0.1) is 6.92 Å². The first kappa shape index (κ1) is 13.4. The molecule has 2 aromatic rings. The number of aryl methyl sites for hydroxylation is 1. The Balaban J connectivity index is 1.72. The number of aromatic nitrogens is 2. The molecule has 3 rings (SSSR count). The maximum absolute atomic E-state index is 12.0. The molecule has 1 fully saturated rings. The van der Waals surface area contributed by atoms with Gasteiger partial charge in [0.25, 0.3) is 0 Å². The summed E-state index contributed by atoms with van der Waals surface area (Å²) < 4.78 is 0. The highest BCUT2D eigenvalue weighted by atomic mass is 16.2. The number of nitrogens with zero attached hydrogens (tertiary/aromatic N) is 1. The topological polar surface area (TPSA) is 86.9 Å². The normalized spacial score (nSPS) is 17.6. The van der Waals surface area contributed by atoms with E-state index < -0.39 is 6.04 Å². The zero-order valence-corrected chi connectivity index (χ0v) is 11.6. The highest BCUT2D eigenvalue weighted by molar-refractivity contribution is 5.98. The molecule has 0 aliphatic carbocycles. The molecule has 2 heterocycles. The average molecular weight is 284 g/mol. The van der Waals surface area contributed by atoms with Crippen molar-refractivity contribution in [2.75, 3.05) is 5.32 Å². The number of H-pyrrole nitrogens is 1. The standard InChI is InChI=1S/C15H16N4O2/c1-9-4-2-3-5-10(9)12-8-13(19-18-12)17-15(21)11-6-7-14(20)16-11/h2-5,8,11H,6-7H2,1H3,(H,16,20)(H2,17,18,19,21)/t11-/m1/s1. The van der Waals surface area contributed by atoms with Crippen molar-refractivity contribution in [3.8, 4) is 11.3 Å². The minimum atomic E-state index is -0.462. The molecular formula is C15H16N4O2. The van der Waals surface area contributed by atoms with Crippen LogP contribution >= 0.6 is 0 Å². The third kappa shape index (κ3) is 2.79. The van der Waals surface area contributed by atoms with Gasteiger partial charge in [-0.1, -0.05) is 24.3 Å². The minimum absolute atomic E-state index is 0.0854. The van der Waals surface area contributed by atoms with E-state index in [1.165, 1.54) is 0 Å². The number of nitrogens with one attached hydrogen (secondary N) is 3. The molecule has 1 aromatic carbocycles. The molecule has 0 radical (unpaired) electrons. The monoisotopic (exact) mass is 284 g/mol. The Kier molecular flexibility index (Phi) is 3.43. The second kappa shape index (κ2) is 5.40. The number of hydrogen-bond acceptors (Lipinski definition) is 3. The first-order valence-electron chi connectivity index (χ1n) is 6.85. The van der Waals surface area contributed by atoms with Crippen LogP contribution in [0.4, 0.5) is 5.82 Å². The molecule has 1 aliphatic rings. The lowest BCUT2D eigenvalue weighted by atomic mass is 10.1. The first-order chi connectivity index (χ1) is 10.1. The fourth-order valence-corrected chi connectivity index (χ4v) is 2.42. The lowest BCUT2D eigenvalue weighted by Crippen LogP contribution is -2.37. The van der Waals surface area contributed by atoms with Crippen LogP contribution < -0.4 is 10.6 Å². The lowest BCUT2D eigenvalue weighted by Gasteiger charge is -2.08. The molecule has 2 amide bonds. The molecule has 3 N–H and O–H groups in total. The second-order valence-corrected chi connectivity index (χ2v) is 5.13. The van der Waals surface area contributed by atoms with E-state index in [1.807, 2.05) is 31.2 Å². The van der Waals surface area contributed by atoms with Crippen molar-refractivity contribution in [1.82, 2.24) is 15.5 Å². The van der Waals surface area contributed by atoms with Crippen molar-refractivity contribution < 1.29 is 9.59 Å². The van der Waals surface area contributed by atoms with Gasteiger partial charge in [0.2, 0.25) is 11.8 Å². The van der Waals surface area contributed by atoms with Gasteiger partial charge in [-0.05, 0) is 18.9 Å². The largest absolute Gasteiger partial charge is 0.344 e. The summed E-state index contributed by atoms with van der Waals surface area (Å²) in [5, 5.41) is 12.4. The summed E-state index contributed by atoms with van der Waals surface area (Å²) in [7, 11) is 0. The van der Waals surface area contributed by atoms with E-state index >= 15 is 0 Å². The first-order valence-corrected chi connectivity index (χ1v) is 6.85. The highest BCUT2D eigenvalue weighted by Gasteiger charge is 2.27. The number of anilines is 1. The third-order valence-corrected chi connectivity index (χ3v) is 3.58. The maximum atomic E-state index is 12.0. The van der Waals surface area contributed by atoms with Gasteiger partial charge in [0.05, 0.1) is 5.69 Å². The van der Waals surface area contributed by atoms with Gasteiger partial charge in [-0.3, -0.25) is 14.7 Å². The molecule has 0 spiro atoms. The molecule has 0 saturated carbocycles. The highest BCUT2D eigenvalue weighted by Crippen LogP contribution is 2.23. The van der Waals surface area contributed by atoms with Crippen molar-refractivity contribution in [2.24, 2.45) is 0 Å². The molecule has 1 atom stereocenters. The molecular weight excluding hydrogens is 268 g/mol. The summed E-state index contributed by atoms with van der Waals surface area (Å²) in [6.45, 7) is 2.02. The summed E-state index contributed by atoms with van der Waals surface area (Å²) in [6.07, 6.45) is 0.923. The predicted octanol–water partition coefficient (Wildman–Crippen LogP) is 1.60. The van der Waals surface area contributed by atoms with Crippen molar-refractivity contribution in [3.05, 3.63) is 35.9 Å². The minimum Gasteiger partial charge on any atom is -0.344 e. The quantitative estimate of drug-likeness (QED) is 0.800.